The maximum atomic E-state index is 3.56. The van der Waals surface area contributed by atoms with Crippen molar-refractivity contribution in [2.24, 2.45) is 5.92 Å². The van der Waals surface area contributed by atoms with E-state index in [1.807, 2.05) is 11.3 Å². The molecule has 0 aliphatic heterocycles. The lowest BCUT2D eigenvalue weighted by atomic mass is 10.0. The molecular formula is C12H18BrNS. The molecule has 1 N–H and O–H groups in total. The van der Waals surface area contributed by atoms with Crippen LogP contribution in [-0.2, 0) is 6.42 Å². The van der Waals surface area contributed by atoms with Gasteiger partial charge >= 0.3 is 0 Å². The summed E-state index contributed by atoms with van der Waals surface area (Å²) < 4.78 is 1.24. The fraction of sp³-hybridized carbons (Fsp3) is 0.667. The standard InChI is InChI=1S/C12H18BrNS/c1-2-14-11-4-3-9(5-11)6-12-7-10(13)8-15-12/h7-9,11,14H,2-6H2,1H3. The van der Waals surface area contributed by atoms with Crippen molar-refractivity contribution in [3.05, 3.63) is 20.8 Å². The van der Waals surface area contributed by atoms with E-state index in [1.54, 1.807) is 0 Å². The Bertz CT molecular complexity index is 310. The summed E-state index contributed by atoms with van der Waals surface area (Å²) in [4.78, 5) is 1.53. The molecule has 84 valence electrons. The van der Waals surface area contributed by atoms with Crippen LogP contribution in [0.2, 0.25) is 0 Å². The highest BCUT2D eigenvalue weighted by Crippen LogP contribution is 2.31. The van der Waals surface area contributed by atoms with Gasteiger partial charge in [-0.3, -0.25) is 0 Å². The van der Waals surface area contributed by atoms with Gasteiger partial charge in [0.05, 0.1) is 0 Å². The molecule has 2 rings (SSSR count). The lowest BCUT2D eigenvalue weighted by molar-refractivity contribution is 0.495. The molecule has 15 heavy (non-hydrogen) atoms. The van der Waals surface area contributed by atoms with Gasteiger partial charge in [0, 0.05) is 20.8 Å². The molecule has 1 heterocycles. The molecule has 0 saturated heterocycles. The van der Waals surface area contributed by atoms with Crippen LogP contribution in [0.5, 0.6) is 0 Å². The van der Waals surface area contributed by atoms with Gasteiger partial charge in [0.2, 0.25) is 0 Å². The van der Waals surface area contributed by atoms with E-state index in [0.29, 0.717) is 0 Å². The van der Waals surface area contributed by atoms with Crippen LogP contribution in [0.3, 0.4) is 0 Å². The number of hydrogen-bond donors (Lipinski definition) is 1. The number of hydrogen-bond acceptors (Lipinski definition) is 2. The SMILES string of the molecule is CCNC1CCC(Cc2cc(Br)cs2)C1. The van der Waals surface area contributed by atoms with Crippen LogP contribution >= 0.6 is 27.3 Å². The van der Waals surface area contributed by atoms with Crippen LogP contribution in [0.4, 0.5) is 0 Å². The van der Waals surface area contributed by atoms with Crippen molar-refractivity contribution >= 4 is 27.3 Å². The minimum Gasteiger partial charge on any atom is -0.314 e. The van der Waals surface area contributed by atoms with E-state index in [1.165, 1.54) is 35.0 Å². The summed E-state index contributed by atoms with van der Waals surface area (Å²) in [5.74, 6) is 0.902. The molecule has 0 bridgehead atoms. The van der Waals surface area contributed by atoms with Gasteiger partial charge in [-0.2, -0.15) is 0 Å². The third kappa shape index (κ3) is 3.30. The van der Waals surface area contributed by atoms with Crippen LogP contribution in [0.15, 0.2) is 15.9 Å². The maximum absolute atomic E-state index is 3.56. The molecule has 1 fully saturated rings. The summed E-state index contributed by atoms with van der Waals surface area (Å²) in [6.45, 7) is 3.31. The van der Waals surface area contributed by atoms with Crippen LogP contribution in [0.1, 0.15) is 31.1 Å². The van der Waals surface area contributed by atoms with Crippen molar-refractivity contribution in [2.75, 3.05) is 6.54 Å². The highest BCUT2D eigenvalue weighted by molar-refractivity contribution is 9.10. The second-order valence-electron chi connectivity index (χ2n) is 4.37. The number of rotatable bonds is 4. The largest absolute Gasteiger partial charge is 0.314 e. The second kappa shape index (κ2) is 5.46. The summed E-state index contributed by atoms with van der Waals surface area (Å²) in [6.07, 6.45) is 5.40. The van der Waals surface area contributed by atoms with Crippen LogP contribution in [0, 0.1) is 5.92 Å². The van der Waals surface area contributed by atoms with Gasteiger partial charge in [-0.1, -0.05) is 6.92 Å². The Balaban J connectivity index is 1.82. The van der Waals surface area contributed by atoms with Gasteiger partial charge in [0.1, 0.15) is 0 Å². The highest BCUT2D eigenvalue weighted by Gasteiger charge is 2.24. The molecule has 1 aromatic heterocycles. The Hall–Kier alpha value is 0.140. The molecule has 0 radical (unpaired) electrons. The predicted molar refractivity (Wildman–Crippen MR) is 70.5 cm³/mol. The summed E-state index contributed by atoms with van der Waals surface area (Å²) in [5.41, 5.74) is 0. The number of nitrogens with one attached hydrogen (secondary N) is 1. The molecule has 2 atom stereocenters. The average molecular weight is 288 g/mol. The minimum absolute atomic E-state index is 0.781. The lowest BCUT2D eigenvalue weighted by Gasteiger charge is -2.10. The Morgan fingerprint density at radius 2 is 2.40 bits per heavy atom. The van der Waals surface area contributed by atoms with Gasteiger partial charge in [0.25, 0.3) is 0 Å². The molecule has 1 aromatic rings. The quantitative estimate of drug-likeness (QED) is 0.888. The fourth-order valence-electron chi connectivity index (χ4n) is 2.48. The zero-order chi connectivity index (χ0) is 10.7. The number of halogens is 1. The third-order valence-corrected chi connectivity index (χ3v) is 4.87. The zero-order valence-corrected chi connectivity index (χ0v) is 11.5. The van der Waals surface area contributed by atoms with Gasteiger partial charge in [-0.05, 0) is 60.1 Å². The summed E-state index contributed by atoms with van der Waals surface area (Å²) in [6, 6.07) is 3.05. The first-order valence-corrected chi connectivity index (χ1v) is 7.41. The van der Waals surface area contributed by atoms with E-state index in [2.05, 4.69) is 39.6 Å². The molecule has 1 aliphatic rings. The summed E-state index contributed by atoms with van der Waals surface area (Å²) in [7, 11) is 0. The Kier molecular flexibility index (Phi) is 4.23. The topological polar surface area (TPSA) is 12.0 Å². The molecule has 3 heteroatoms. The van der Waals surface area contributed by atoms with Crippen molar-refractivity contribution < 1.29 is 0 Å². The zero-order valence-electron chi connectivity index (χ0n) is 9.13. The van der Waals surface area contributed by atoms with Crippen molar-refractivity contribution in [1.29, 1.82) is 0 Å². The van der Waals surface area contributed by atoms with E-state index in [4.69, 9.17) is 0 Å². The van der Waals surface area contributed by atoms with E-state index in [0.717, 1.165) is 18.5 Å². The van der Waals surface area contributed by atoms with E-state index in [9.17, 15) is 0 Å². The van der Waals surface area contributed by atoms with Crippen molar-refractivity contribution in [2.45, 2.75) is 38.6 Å². The van der Waals surface area contributed by atoms with Crippen molar-refractivity contribution in [1.82, 2.24) is 5.32 Å². The van der Waals surface area contributed by atoms with Crippen LogP contribution < -0.4 is 5.32 Å². The minimum atomic E-state index is 0.781. The molecule has 0 aromatic carbocycles. The maximum Gasteiger partial charge on any atom is 0.0285 e. The predicted octanol–water partition coefficient (Wildman–Crippen LogP) is 3.83. The third-order valence-electron chi connectivity index (χ3n) is 3.15. The lowest BCUT2D eigenvalue weighted by Crippen LogP contribution is -2.25. The van der Waals surface area contributed by atoms with Crippen molar-refractivity contribution in [3.8, 4) is 0 Å². The van der Waals surface area contributed by atoms with Gasteiger partial charge in [0.15, 0.2) is 0 Å². The summed E-state index contributed by atoms with van der Waals surface area (Å²) >= 11 is 5.40. The van der Waals surface area contributed by atoms with Gasteiger partial charge in [-0.15, -0.1) is 11.3 Å². The monoisotopic (exact) mass is 287 g/mol. The first-order chi connectivity index (χ1) is 7.28. The normalized spacial score (nSPS) is 26.0. The fourth-order valence-corrected chi connectivity index (χ4v) is 4.05. The summed E-state index contributed by atoms with van der Waals surface area (Å²) in [5, 5.41) is 5.75. The molecule has 2 unspecified atom stereocenters. The Morgan fingerprint density at radius 1 is 1.53 bits per heavy atom. The highest BCUT2D eigenvalue weighted by atomic mass is 79.9. The molecule has 0 spiro atoms. The molecular weight excluding hydrogens is 270 g/mol. The van der Waals surface area contributed by atoms with E-state index >= 15 is 0 Å². The molecule has 1 nitrogen and oxygen atoms in total. The van der Waals surface area contributed by atoms with E-state index < -0.39 is 0 Å². The van der Waals surface area contributed by atoms with Crippen molar-refractivity contribution in [3.63, 3.8) is 0 Å². The van der Waals surface area contributed by atoms with Crippen LogP contribution in [0.25, 0.3) is 0 Å². The van der Waals surface area contributed by atoms with E-state index in [-0.39, 0.29) is 0 Å². The molecule has 1 saturated carbocycles. The molecule has 1 aliphatic carbocycles. The Morgan fingerprint density at radius 3 is 3.07 bits per heavy atom. The average Bonchev–Trinajstić information content (AvgIpc) is 2.78. The smallest absolute Gasteiger partial charge is 0.0285 e. The second-order valence-corrected chi connectivity index (χ2v) is 6.28. The van der Waals surface area contributed by atoms with Crippen LogP contribution in [-0.4, -0.2) is 12.6 Å². The molecule has 0 amide bonds. The van der Waals surface area contributed by atoms with Gasteiger partial charge in [-0.25, -0.2) is 0 Å². The Labute approximate surface area is 104 Å². The van der Waals surface area contributed by atoms with Gasteiger partial charge < -0.3 is 5.32 Å². The number of thiophene rings is 1. The first kappa shape index (κ1) is 11.6. The first-order valence-electron chi connectivity index (χ1n) is 5.74.